The normalized spacial score (nSPS) is 17.9. The second kappa shape index (κ2) is 4.74. The first kappa shape index (κ1) is 12.7. The molecule has 0 saturated carbocycles. The molecule has 3 aromatic rings. The van der Waals surface area contributed by atoms with Gasteiger partial charge in [0.05, 0.1) is 6.04 Å². The standard InChI is InChI=1S/C19H20N2/c1-12-7-8-17-16(11-12)15-9-10-20-18(19(15)21-17)14-6-4-3-5-13(14)2/h3-8,11,18,20-21H,9-10H2,1-2H3/t18-/m0/s1. The fourth-order valence-electron chi connectivity index (χ4n) is 3.52. The minimum Gasteiger partial charge on any atom is -0.357 e. The number of aryl methyl sites for hydroxylation is 2. The van der Waals surface area contributed by atoms with Crippen LogP contribution in [-0.2, 0) is 6.42 Å². The first-order chi connectivity index (χ1) is 10.2. The van der Waals surface area contributed by atoms with Gasteiger partial charge >= 0.3 is 0 Å². The summed E-state index contributed by atoms with van der Waals surface area (Å²) >= 11 is 0. The molecule has 0 amide bonds. The lowest BCUT2D eigenvalue weighted by Gasteiger charge is -2.26. The minimum atomic E-state index is 0.280. The van der Waals surface area contributed by atoms with Crippen LogP contribution >= 0.6 is 0 Å². The highest BCUT2D eigenvalue weighted by atomic mass is 15.0. The molecule has 2 aromatic carbocycles. The number of nitrogens with one attached hydrogen (secondary N) is 2. The molecule has 1 aromatic heterocycles. The van der Waals surface area contributed by atoms with Crippen molar-refractivity contribution in [2.45, 2.75) is 26.3 Å². The van der Waals surface area contributed by atoms with E-state index in [1.165, 1.54) is 38.9 Å². The van der Waals surface area contributed by atoms with E-state index in [0.29, 0.717) is 0 Å². The number of hydrogen-bond donors (Lipinski definition) is 2. The predicted molar refractivity (Wildman–Crippen MR) is 87.8 cm³/mol. The smallest absolute Gasteiger partial charge is 0.0734 e. The Kier molecular flexibility index (Phi) is 2.86. The monoisotopic (exact) mass is 276 g/mol. The third-order valence-corrected chi connectivity index (χ3v) is 4.61. The van der Waals surface area contributed by atoms with Gasteiger partial charge in [-0.05, 0) is 49.1 Å². The number of aromatic amines is 1. The molecule has 21 heavy (non-hydrogen) atoms. The Labute approximate surface area is 125 Å². The Bertz CT molecular complexity index is 814. The van der Waals surface area contributed by atoms with Gasteiger partial charge in [0.15, 0.2) is 0 Å². The van der Waals surface area contributed by atoms with E-state index in [1.54, 1.807) is 0 Å². The van der Waals surface area contributed by atoms with Crippen LogP contribution in [0.2, 0.25) is 0 Å². The number of benzene rings is 2. The van der Waals surface area contributed by atoms with Gasteiger partial charge < -0.3 is 10.3 Å². The van der Waals surface area contributed by atoms with E-state index in [1.807, 2.05) is 0 Å². The highest BCUT2D eigenvalue weighted by Crippen LogP contribution is 2.34. The molecule has 1 atom stereocenters. The molecule has 2 heterocycles. The molecule has 106 valence electrons. The minimum absolute atomic E-state index is 0.280. The molecule has 0 spiro atoms. The van der Waals surface area contributed by atoms with Crippen LogP contribution in [-0.4, -0.2) is 11.5 Å². The highest BCUT2D eigenvalue weighted by molar-refractivity contribution is 5.86. The lowest BCUT2D eigenvalue weighted by atomic mass is 9.92. The van der Waals surface area contributed by atoms with E-state index in [9.17, 15) is 0 Å². The zero-order valence-electron chi connectivity index (χ0n) is 12.5. The van der Waals surface area contributed by atoms with E-state index >= 15 is 0 Å². The number of rotatable bonds is 1. The summed E-state index contributed by atoms with van der Waals surface area (Å²) in [5.74, 6) is 0. The molecule has 1 aliphatic rings. The van der Waals surface area contributed by atoms with Crippen LogP contribution in [0.4, 0.5) is 0 Å². The molecule has 1 aliphatic heterocycles. The van der Waals surface area contributed by atoms with Gasteiger partial charge in [0.25, 0.3) is 0 Å². The topological polar surface area (TPSA) is 27.8 Å². The Morgan fingerprint density at radius 1 is 1.05 bits per heavy atom. The van der Waals surface area contributed by atoms with Crippen molar-refractivity contribution in [3.63, 3.8) is 0 Å². The first-order valence-electron chi connectivity index (χ1n) is 7.64. The van der Waals surface area contributed by atoms with Gasteiger partial charge in [0, 0.05) is 23.1 Å². The third-order valence-electron chi connectivity index (χ3n) is 4.61. The quantitative estimate of drug-likeness (QED) is 0.690. The summed E-state index contributed by atoms with van der Waals surface area (Å²) in [6, 6.07) is 15.6. The first-order valence-corrected chi connectivity index (χ1v) is 7.64. The van der Waals surface area contributed by atoms with Crippen molar-refractivity contribution >= 4 is 10.9 Å². The van der Waals surface area contributed by atoms with Crippen LogP contribution in [0.1, 0.15) is 34.0 Å². The zero-order valence-corrected chi connectivity index (χ0v) is 12.5. The second-order valence-corrected chi connectivity index (χ2v) is 6.06. The SMILES string of the molecule is Cc1ccc2[nH]c3c(c2c1)CCN[C@H]3c1ccccc1C. The number of hydrogen-bond acceptors (Lipinski definition) is 1. The number of aromatic nitrogens is 1. The summed E-state index contributed by atoms with van der Waals surface area (Å²) in [7, 11) is 0. The molecule has 4 rings (SSSR count). The molecule has 2 N–H and O–H groups in total. The summed E-state index contributed by atoms with van der Waals surface area (Å²) in [5, 5.41) is 5.07. The maximum absolute atomic E-state index is 3.68. The molecule has 0 unspecified atom stereocenters. The van der Waals surface area contributed by atoms with Crippen molar-refractivity contribution in [3.05, 3.63) is 70.4 Å². The van der Waals surface area contributed by atoms with Crippen molar-refractivity contribution in [3.8, 4) is 0 Å². The molecular weight excluding hydrogens is 256 g/mol. The largest absolute Gasteiger partial charge is 0.357 e. The van der Waals surface area contributed by atoms with Crippen molar-refractivity contribution in [1.29, 1.82) is 0 Å². The van der Waals surface area contributed by atoms with Crippen LogP contribution in [0, 0.1) is 13.8 Å². The van der Waals surface area contributed by atoms with Gasteiger partial charge in [-0.25, -0.2) is 0 Å². The Balaban J connectivity index is 1.92. The van der Waals surface area contributed by atoms with Crippen molar-refractivity contribution in [2.24, 2.45) is 0 Å². The average molecular weight is 276 g/mol. The molecule has 0 saturated heterocycles. The van der Waals surface area contributed by atoms with Crippen molar-refractivity contribution in [2.75, 3.05) is 6.54 Å². The number of fused-ring (bicyclic) bond motifs is 3. The van der Waals surface area contributed by atoms with Gasteiger partial charge in [0.1, 0.15) is 0 Å². The van der Waals surface area contributed by atoms with E-state index < -0.39 is 0 Å². The number of H-pyrrole nitrogens is 1. The van der Waals surface area contributed by atoms with Crippen LogP contribution in [0.25, 0.3) is 10.9 Å². The van der Waals surface area contributed by atoms with Crippen molar-refractivity contribution < 1.29 is 0 Å². The predicted octanol–water partition coefficient (Wildman–Crippen LogP) is 4.02. The fourth-order valence-corrected chi connectivity index (χ4v) is 3.52. The molecule has 0 radical (unpaired) electrons. The molecule has 0 bridgehead atoms. The van der Waals surface area contributed by atoms with Gasteiger partial charge in [-0.2, -0.15) is 0 Å². The summed E-state index contributed by atoms with van der Waals surface area (Å²) < 4.78 is 0. The van der Waals surface area contributed by atoms with Gasteiger partial charge in [0.2, 0.25) is 0 Å². The fraction of sp³-hybridized carbons (Fsp3) is 0.263. The van der Waals surface area contributed by atoms with E-state index in [4.69, 9.17) is 0 Å². The van der Waals surface area contributed by atoms with Crippen LogP contribution in [0.3, 0.4) is 0 Å². The average Bonchev–Trinajstić information content (AvgIpc) is 2.86. The maximum Gasteiger partial charge on any atom is 0.0734 e. The van der Waals surface area contributed by atoms with Gasteiger partial charge in [-0.1, -0.05) is 35.9 Å². The Morgan fingerprint density at radius 2 is 1.90 bits per heavy atom. The highest BCUT2D eigenvalue weighted by Gasteiger charge is 2.25. The summed E-state index contributed by atoms with van der Waals surface area (Å²) in [6.45, 7) is 5.39. The summed E-state index contributed by atoms with van der Waals surface area (Å²) in [4.78, 5) is 3.66. The lowest BCUT2D eigenvalue weighted by Crippen LogP contribution is -2.30. The van der Waals surface area contributed by atoms with Crippen LogP contribution in [0.15, 0.2) is 42.5 Å². The van der Waals surface area contributed by atoms with E-state index in [-0.39, 0.29) is 6.04 Å². The summed E-state index contributed by atoms with van der Waals surface area (Å²) in [6.07, 6.45) is 1.10. The lowest BCUT2D eigenvalue weighted by molar-refractivity contribution is 0.558. The van der Waals surface area contributed by atoms with E-state index in [2.05, 4.69) is 66.6 Å². The maximum atomic E-state index is 3.68. The second-order valence-electron chi connectivity index (χ2n) is 6.06. The Hall–Kier alpha value is -2.06. The summed E-state index contributed by atoms with van der Waals surface area (Å²) in [5.41, 5.74) is 8.14. The van der Waals surface area contributed by atoms with Gasteiger partial charge in [-0.3, -0.25) is 0 Å². The molecule has 2 heteroatoms. The zero-order chi connectivity index (χ0) is 14.4. The molecule has 2 nitrogen and oxygen atoms in total. The Morgan fingerprint density at radius 3 is 2.76 bits per heavy atom. The van der Waals surface area contributed by atoms with E-state index in [0.717, 1.165) is 13.0 Å². The molecule has 0 aliphatic carbocycles. The molecular formula is C19H20N2. The van der Waals surface area contributed by atoms with Crippen molar-refractivity contribution in [1.82, 2.24) is 10.3 Å². The van der Waals surface area contributed by atoms with Crippen LogP contribution in [0.5, 0.6) is 0 Å². The van der Waals surface area contributed by atoms with Gasteiger partial charge in [-0.15, -0.1) is 0 Å². The molecule has 0 fully saturated rings. The van der Waals surface area contributed by atoms with Crippen LogP contribution < -0.4 is 5.32 Å². The third kappa shape index (κ3) is 1.98.